The maximum Gasteiger partial charge on any atom is 0.254 e. The topological polar surface area (TPSA) is 92.5 Å². The van der Waals surface area contributed by atoms with Crippen LogP contribution in [0.15, 0.2) is 97.1 Å². The number of anilines is 1. The molecule has 0 fully saturated rings. The van der Waals surface area contributed by atoms with Gasteiger partial charge in [-0.1, -0.05) is 124 Å². The maximum atomic E-state index is 14.7. The van der Waals surface area contributed by atoms with Crippen LogP contribution in [0, 0.1) is 24.7 Å². The number of rotatable bonds is 12. The molecule has 6 nitrogen and oxygen atoms in total. The van der Waals surface area contributed by atoms with Crippen molar-refractivity contribution in [3.05, 3.63) is 114 Å². The number of fused-ring (bicyclic) bond motifs is 3. The Morgan fingerprint density at radius 1 is 0.848 bits per heavy atom. The van der Waals surface area contributed by atoms with Gasteiger partial charge < -0.3 is 16.0 Å². The van der Waals surface area contributed by atoms with Crippen molar-refractivity contribution < 1.29 is 14.4 Å². The quantitative estimate of drug-likeness (QED) is 0.169. The van der Waals surface area contributed by atoms with Crippen LogP contribution in [0.25, 0.3) is 22.3 Å². The molecule has 3 atom stereocenters. The fraction of sp³-hybridized carbons (Fsp3) is 0.325. The average molecular weight is 616 g/mol. The van der Waals surface area contributed by atoms with Gasteiger partial charge in [0.25, 0.3) is 5.91 Å². The minimum absolute atomic E-state index is 0.165. The number of hydrogen-bond donors (Lipinski definition) is 2. The molecule has 3 unspecified atom stereocenters. The predicted molar refractivity (Wildman–Crippen MR) is 186 cm³/mol. The summed E-state index contributed by atoms with van der Waals surface area (Å²) in [4.78, 5) is 43.4. The van der Waals surface area contributed by atoms with Crippen molar-refractivity contribution in [3.8, 4) is 22.3 Å². The number of nitrogens with zero attached hydrogens (tertiary/aromatic N) is 1. The second-order valence-electron chi connectivity index (χ2n) is 12.9. The van der Waals surface area contributed by atoms with Crippen molar-refractivity contribution >= 4 is 23.4 Å². The molecule has 1 aliphatic rings. The lowest BCUT2D eigenvalue weighted by molar-refractivity contribution is -0.136. The monoisotopic (exact) mass is 615 g/mol. The van der Waals surface area contributed by atoms with Gasteiger partial charge in [-0.3, -0.25) is 14.4 Å². The fourth-order valence-corrected chi connectivity index (χ4v) is 6.60. The van der Waals surface area contributed by atoms with E-state index in [4.69, 9.17) is 5.73 Å². The maximum absolute atomic E-state index is 14.7. The Labute approximate surface area is 273 Å². The third kappa shape index (κ3) is 7.23. The highest BCUT2D eigenvalue weighted by atomic mass is 16.2. The molecule has 4 aromatic carbocycles. The second-order valence-corrected chi connectivity index (χ2v) is 12.9. The molecule has 6 heteroatoms. The van der Waals surface area contributed by atoms with Gasteiger partial charge in [0.15, 0.2) is 0 Å². The first kappa shape index (κ1) is 32.7. The third-order valence-electron chi connectivity index (χ3n) is 8.99. The van der Waals surface area contributed by atoms with E-state index in [-0.39, 0.29) is 17.7 Å². The van der Waals surface area contributed by atoms with Crippen molar-refractivity contribution in [2.75, 3.05) is 4.90 Å². The Bertz CT molecular complexity index is 1690. The highest BCUT2D eigenvalue weighted by molar-refractivity contribution is 6.06. The van der Waals surface area contributed by atoms with Gasteiger partial charge in [0, 0.05) is 17.4 Å². The van der Waals surface area contributed by atoms with E-state index < -0.39 is 23.8 Å². The third-order valence-corrected chi connectivity index (χ3v) is 8.99. The smallest absolute Gasteiger partial charge is 0.254 e. The van der Waals surface area contributed by atoms with Crippen LogP contribution in [0.5, 0.6) is 0 Å². The van der Waals surface area contributed by atoms with Gasteiger partial charge >= 0.3 is 0 Å². The van der Waals surface area contributed by atoms with E-state index >= 15 is 0 Å². The van der Waals surface area contributed by atoms with E-state index in [9.17, 15) is 14.4 Å². The predicted octanol–water partition coefficient (Wildman–Crippen LogP) is 7.99. The van der Waals surface area contributed by atoms with Crippen molar-refractivity contribution in [2.24, 2.45) is 23.5 Å². The SMILES string of the molecule is CCCCC(C(N)=O)C(CC(C)C)C(=O)NC1C(=O)N(Cc2cccc(-c3ccc(C)cc3)c2)c2ccccc2-c2ccccc21. The molecule has 0 radical (unpaired) electrons. The minimum Gasteiger partial charge on any atom is -0.369 e. The molecule has 238 valence electrons. The Balaban J connectivity index is 1.54. The van der Waals surface area contributed by atoms with E-state index in [0.717, 1.165) is 51.9 Å². The molecule has 0 aromatic heterocycles. The van der Waals surface area contributed by atoms with E-state index in [2.05, 4.69) is 55.6 Å². The van der Waals surface area contributed by atoms with Crippen molar-refractivity contribution in [1.29, 1.82) is 0 Å². The zero-order valence-electron chi connectivity index (χ0n) is 27.3. The van der Waals surface area contributed by atoms with Gasteiger partial charge in [-0.15, -0.1) is 0 Å². The Morgan fingerprint density at radius 3 is 2.24 bits per heavy atom. The molecule has 4 aromatic rings. The second kappa shape index (κ2) is 14.6. The summed E-state index contributed by atoms with van der Waals surface area (Å²) in [5, 5.41) is 3.14. The molecule has 3 N–H and O–H groups in total. The molecule has 5 rings (SSSR count). The van der Waals surface area contributed by atoms with E-state index in [0.29, 0.717) is 19.4 Å². The van der Waals surface area contributed by atoms with Crippen LogP contribution in [0.4, 0.5) is 5.69 Å². The molecular formula is C40H45N3O3. The number of amides is 3. The molecule has 1 aliphatic heterocycles. The molecule has 0 bridgehead atoms. The van der Waals surface area contributed by atoms with Crippen molar-refractivity contribution in [2.45, 2.75) is 66.0 Å². The lowest BCUT2D eigenvalue weighted by Gasteiger charge is -2.30. The van der Waals surface area contributed by atoms with Crippen LogP contribution in [0.2, 0.25) is 0 Å². The zero-order valence-corrected chi connectivity index (χ0v) is 27.3. The summed E-state index contributed by atoms with van der Waals surface area (Å²) >= 11 is 0. The summed E-state index contributed by atoms with van der Waals surface area (Å²) in [6, 6.07) is 31.4. The molecular weight excluding hydrogens is 570 g/mol. The van der Waals surface area contributed by atoms with Crippen LogP contribution in [-0.2, 0) is 20.9 Å². The van der Waals surface area contributed by atoms with Crippen LogP contribution in [-0.4, -0.2) is 17.7 Å². The number of aryl methyl sites for hydroxylation is 1. The first-order valence-corrected chi connectivity index (χ1v) is 16.4. The Hall–Kier alpha value is -4.71. The minimum atomic E-state index is -0.939. The van der Waals surface area contributed by atoms with E-state index in [1.165, 1.54) is 5.56 Å². The van der Waals surface area contributed by atoms with Gasteiger partial charge in [-0.2, -0.15) is 0 Å². The average Bonchev–Trinajstić information content (AvgIpc) is 3.14. The largest absolute Gasteiger partial charge is 0.369 e. The number of carbonyl (C=O) groups is 3. The Morgan fingerprint density at radius 2 is 1.54 bits per heavy atom. The fourth-order valence-electron chi connectivity index (χ4n) is 6.60. The zero-order chi connectivity index (χ0) is 32.8. The first-order valence-electron chi connectivity index (χ1n) is 16.4. The highest BCUT2D eigenvalue weighted by Crippen LogP contribution is 2.41. The molecule has 1 heterocycles. The molecule has 0 aliphatic carbocycles. The van der Waals surface area contributed by atoms with Gasteiger partial charge in [-0.25, -0.2) is 0 Å². The summed E-state index contributed by atoms with van der Waals surface area (Å²) in [5.74, 6) is -2.07. The van der Waals surface area contributed by atoms with Crippen LogP contribution in [0.3, 0.4) is 0 Å². The number of hydrogen-bond acceptors (Lipinski definition) is 3. The number of carbonyl (C=O) groups excluding carboxylic acids is 3. The highest BCUT2D eigenvalue weighted by Gasteiger charge is 2.39. The summed E-state index contributed by atoms with van der Waals surface area (Å²) in [6.45, 7) is 8.52. The van der Waals surface area contributed by atoms with E-state index in [1.807, 2.05) is 74.5 Å². The molecule has 46 heavy (non-hydrogen) atoms. The number of para-hydroxylation sites is 1. The van der Waals surface area contributed by atoms with Crippen molar-refractivity contribution in [3.63, 3.8) is 0 Å². The van der Waals surface area contributed by atoms with Gasteiger partial charge in [0.2, 0.25) is 11.8 Å². The molecule has 0 spiro atoms. The van der Waals surface area contributed by atoms with Gasteiger partial charge in [0.05, 0.1) is 12.2 Å². The van der Waals surface area contributed by atoms with Gasteiger partial charge in [0.1, 0.15) is 6.04 Å². The number of unbranched alkanes of at least 4 members (excludes halogenated alkanes) is 1. The van der Waals surface area contributed by atoms with E-state index in [1.54, 1.807) is 4.90 Å². The Kier molecular flexibility index (Phi) is 10.4. The summed E-state index contributed by atoms with van der Waals surface area (Å²) in [5.41, 5.74) is 13.6. The molecule has 0 saturated carbocycles. The molecule has 0 saturated heterocycles. The number of nitrogens with two attached hydrogens (primary N) is 1. The standard InChI is InChI=1S/C40H45N3O3/c1-5-6-14-34(38(41)44)35(23-26(2)3)39(45)42-37-33-17-8-7-15-31(33)32-16-9-10-18-36(32)43(40(37)46)25-28-12-11-13-30(24-28)29-21-19-27(4)20-22-29/h7-13,15-22,24,26,34-35,37H,5-6,14,23,25H2,1-4H3,(H2,41,44)(H,42,45). The molecule has 3 amide bonds. The lowest BCUT2D eigenvalue weighted by Crippen LogP contribution is -2.47. The lowest BCUT2D eigenvalue weighted by atomic mass is 9.81. The first-order chi connectivity index (χ1) is 22.2. The number of primary amides is 1. The van der Waals surface area contributed by atoms with Crippen molar-refractivity contribution in [1.82, 2.24) is 5.32 Å². The van der Waals surface area contributed by atoms with Crippen LogP contribution < -0.4 is 16.0 Å². The van der Waals surface area contributed by atoms with Crippen LogP contribution in [0.1, 0.15) is 69.2 Å². The van der Waals surface area contributed by atoms with Crippen LogP contribution >= 0.6 is 0 Å². The normalized spacial score (nSPS) is 15.5. The summed E-state index contributed by atoms with van der Waals surface area (Å²) < 4.78 is 0. The number of nitrogens with one attached hydrogen (secondary N) is 1. The summed E-state index contributed by atoms with van der Waals surface area (Å²) in [6.07, 6.45) is 2.74. The summed E-state index contributed by atoms with van der Waals surface area (Å²) in [7, 11) is 0. The number of benzene rings is 4. The van der Waals surface area contributed by atoms with Gasteiger partial charge in [-0.05, 0) is 65.6 Å².